The number of carbonyl (C=O) groups is 1. The van der Waals surface area contributed by atoms with Crippen LogP contribution in [0.25, 0.3) is 0 Å². The number of aryl methyl sites for hydroxylation is 2. The van der Waals surface area contributed by atoms with Crippen LogP contribution in [0.2, 0.25) is 0 Å². The van der Waals surface area contributed by atoms with Crippen molar-refractivity contribution in [2.75, 3.05) is 16.0 Å². The molecule has 7 nitrogen and oxygen atoms in total. The van der Waals surface area contributed by atoms with Gasteiger partial charge in [0.1, 0.15) is 23.3 Å². The fourth-order valence-electron chi connectivity index (χ4n) is 3.37. The van der Waals surface area contributed by atoms with Crippen LogP contribution in [0.4, 0.5) is 28.8 Å². The average molecular weight is 439 g/mol. The lowest BCUT2D eigenvalue weighted by Gasteiger charge is -2.11. The molecule has 4 rings (SSSR count). The van der Waals surface area contributed by atoms with Gasteiger partial charge in [-0.1, -0.05) is 36.4 Å². The summed E-state index contributed by atoms with van der Waals surface area (Å²) in [5.41, 5.74) is 2.87. The van der Waals surface area contributed by atoms with Crippen molar-refractivity contribution in [1.29, 1.82) is 0 Å². The highest BCUT2D eigenvalue weighted by atomic mass is 16.1. The van der Waals surface area contributed by atoms with Crippen molar-refractivity contribution >= 4 is 34.7 Å². The quantitative estimate of drug-likeness (QED) is 0.314. The summed E-state index contributed by atoms with van der Waals surface area (Å²) in [5.74, 6) is 2.69. The number of nitrogens with one attached hydrogen (secondary N) is 3. The van der Waals surface area contributed by atoms with E-state index >= 15 is 0 Å². The van der Waals surface area contributed by atoms with E-state index in [0.29, 0.717) is 29.7 Å². The zero-order valence-electron chi connectivity index (χ0n) is 18.5. The summed E-state index contributed by atoms with van der Waals surface area (Å²) < 4.78 is 0. The molecule has 0 saturated carbocycles. The Hall–Kier alpha value is -4.26. The Bertz CT molecular complexity index is 1180. The number of rotatable bonds is 9. The van der Waals surface area contributed by atoms with Crippen molar-refractivity contribution in [3.63, 3.8) is 0 Å². The minimum absolute atomic E-state index is 0.0169. The zero-order valence-corrected chi connectivity index (χ0v) is 18.5. The van der Waals surface area contributed by atoms with Gasteiger partial charge in [0.05, 0.1) is 0 Å². The fraction of sp³-hybridized carbons (Fsp3) is 0.154. The molecule has 2 heterocycles. The molecule has 3 N–H and O–H groups in total. The Labute approximate surface area is 193 Å². The van der Waals surface area contributed by atoms with Crippen molar-refractivity contribution in [1.82, 2.24) is 15.0 Å². The van der Waals surface area contributed by atoms with Crippen LogP contribution in [-0.2, 0) is 11.2 Å². The third kappa shape index (κ3) is 6.87. The van der Waals surface area contributed by atoms with Gasteiger partial charge in [-0.3, -0.25) is 4.79 Å². The maximum Gasteiger partial charge on any atom is 0.224 e. The topological polar surface area (TPSA) is 91.8 Å². The minimum atomic E-state index is 0.0169. The smallest absolute Gasteiger partial charge is 0.224 e. The molecule has 0 aliphatic rings. The lowest BCUT2D eigenvalue weighted by molar-refractivity contribution is -0.116. The first-order valence-electron chi connectivity index (χ1n) is 10.9. The molecule has 0 aliphatic carbocycles. The molecule has 0 atom stereocenters. The summed E-state index contributed by atoms with van der Waals surface area (Å²) in [6.45, 7) is 1.84. The summed E-state index contributed by atoms with van der Waals surface area (Å²) >= 11 is 0. The van der Waals surface area contributed by atoms with Gasteiger partial charge in [-0.2, -0.15) is 0 Å². The van der Waals surface area contributed by atoms with E-state index in [9.17, 15) is 4.79 Å². The van der Waals surface area contributed by atoms with Gasteiger partial charge in [-0.25, -0.2) is 15.0 Å². The predicted octanol–water partition coefficient (Wildman–Crippen LogP) is 5.63. The number of aromatic nitrogens is 3. The molecule has 166 valence electrons. The first kappa shape index (κ1) is 22.0. The molecular weight excluding hydrogens is 412 g/mol. The highest BCUT2D eigenvalue weighted by molar-refractivity contribution is 5.90. The number of pyridine rings is 1. The Morgan fingerprint density at radius 3 is 2.21 bits per heavy atom. The van der Waals surface area contributed by atoms with Crippen LogP contribution < -0.4 is 16.0 Å². The number of hydrogen-bond donors (Lipinski definition) is 3. The van der Waals surface area contributed by atoms with Gasteiger partial charge in [-0.05, 0) is 61.7 Å². The van der Waals surface area contributed by atoms with Crippen LogP contribution in [-0.4, -0.2) is 20.9 Å². The van der Waals surface area contributed by atoms with Gasteiger partial charge in [-0.15, -0.1) is 0 Å². The average Bonchev–Trinajstić information content (AvgIpc) is 2.81. The molecule has 2 aromatic carbocycles. The molecule has 4 aromatic rings. The number of hydrogen-bond acceptors (Lipinski definition) is 6. The fourth-order valence-corrected chi connectivity index (χ4v) is 3.37. The highest BCUT2D eigenvalue weighted by Crippen LogP contribution is 2.21. The van der Waals surface area contributed by atoms with E-state index in [1.54, 1.807) is 6.20 Å². The molecule has 33 heavy (non-hydrogen) atoms. The molecule has 0 fully saturated rings. The van der Waals surface area contributed by atoms with Gasteiger partial charge in [0.15, 0.2) is 0 Å². The standard InChI is InChI=1S/C26H26N6O/c1-19-28-24(18-25(29-19)32-23-11-5-6-17-27-23)30-21-13-15-22(16-14-21)31-26(33)12-7-10-20-8-3-2-4-9-20/h2-6,8-9,11,13-18H,7,10,12H2,1H3,(H,31,33)(H2,27,28,29,30,32). The van der Waals surface area contributed by atoms with Crippen LogP contribution >= 0.6 is 0 Å². The first-order valence-corrected chi connectivity index (χ1v) is 10.9. The third-order valence-electron chi connectivity index (χ3n) is 4.91. The van der Waals surface area contributed by atoms with Gasteiger partial charge < -0.3 is 16.0 Å². The number of benzene rings is 2. The Kier molecular flexibility index (Phi) is 7.22. The summed E-state index contributed by atoms with van der Waals surface area (Å²) in [4.78, 5) is 25.4. The second kappa shape index (κ2) is 10.9. The number of amides is 1. The van der Waals surface area contributed by atoms with E-state index in [0.717, 1.165) is 24.2 Å². The van der Waals surface area contributed by atoms with Crippen LogP contribution in [0.5, 0.6) is 0 Å². The maximum atomic E-state index is 12.2. The molecule has 0 unspecified atom stereocenters. The second-order valence-electron chi connectivity index (χ2n) is 7.62. The normalized spacial score (nSPS) is 10.5. The predicted molar refractivity (Wildman–Crippen MR) is 132 cm³/mol. The SMILES string of the molecule is Cc1nc(Nc2ccc(NC(=O)CCCc3ccccc3)cc2)cc(Nc2ccccn2)n1. The van der Waals surface area contributed by atoms with Crippen molar-refractivity contribution in [2.24, 2.45) is 0 Å². The van der Waals surface area contributed by atoms with Crippen LogP contribution in [0.3, 0.4) is 0 Å². The number of nitrogens with zero attached hydrogens (tertiary/aromatic N) is 3. The van der Waals surface area contributed by atoms with Crippen LogP contribution in [0.15, 0.2) is 85.1 Å². The van der Waals surface area contributed by atoms with Crippen LogP contribution in [0, 0.1) is 6.92 Å². The van der Waals surface area contributed by atoms with Gasteiger partial charge in [0.2, 0.25) is 5.91 Å². The number of anilines is 5. The Balaban J connectivity index is 1.30. The van der Waals surface area contributed by atoms with Crippen molar-refractivity contribution in [2.45, 2.75) is 26.2 Å². The van der Waals surface area contributed by atoms with Gasteiger partial charge >= 0.3 is 0 Å². The molecule has 1 amide bonds. The summed E-state index contributed by atoms with van der Waals surface area (Å²) in [6, 6.07) is 25.2. The monoisotopic (exact) mass is 438 g/mol. The molecule has 2 aromatic heterocycles. The first-order chi connectivity index (χ1) is 16.1. The molecule has 7 heteroatoms. The molecule has 0 spiro atoms. The van der Waals surface area contributed by atoms with E-state index in [-0.39, 0.29) is 5.91 Å². The molecule has 0 aliphatic heterocycles. The lowest BCUT2D eigenvalue weighted by Crippen LogP contribution is -2.11. The van der Waals surface area contributed by atoms with E-state index in [1.807, 2.05) is 73.7 Å². The van der Waals surface area contributed by atoms with Crippen molar-refractivity contribution < 1.29 is 4.79 Å². The molecule has 0 radical (unpaired) electrons. The lowest BCUT2D eigenvalue weighted by atomic mass is 10.1. The zero-order chi connectivity index (χ0) is 22.9. The van der Waals surface area contributed by atoms with Crippen LogP contribution in [0.1, 0.15) is 24.2 Å². The van der Waals surface area contributed by atoms with E-state index in [4.69, 9.17) is 0 Å². The molecule has 0 saturated heterocycles. The van der Waals surface area contributed by atoms with E-state index in [1.165, 1.54) is 5.56 Å². The molecular formula is C26H26N6O. The van der Waals surface area contributed by atoms with Gasteiger partial charge in [0.25, 0.3) is 0 Å². The Morgan fingerprint density at radius 1 is 0.788 bits per heavy atom. The molecule has 0 bridgehead atoms. The summed E-state index contributed by atoms with van der Waals surface area (Å²) in [6.07, 6.45) is 3.92. The minimum Gasteiger partial charge on any atom is -0.340 e. The summed E-state index contributed by atoms with van der Waals surface area (Å²) in [7, 11) is 0. The number of carbonyl (C=O) groups excluding carboxylic acids is 1. The summed E-state index contributed by atoms with van der Waals surface area (Å²) in [5, 5.41) is 9.41. The largest absolute Gasteiger partial charge is 0.340 e. The maximum absolute atomic E-state index is 12.2. The van der Waals surface area contributed by atoms with Crippen molar-refractivity contribution in [3.05, 3.63) is 96.4 Å². The van der Waals surface area contributed by atoms with Gasteiger partial charge in [0, 0.05) is 30.1 Å². The van der Waals surface area contributed by atoms with Crippen molar-refractivity contribution in [3.8, 4) is 0 Å². The van der Waals surface area contributed by atoms with E-state index < -0.39 is 0 Å². The third-order valence-corrected chi connectivity index (χ3v) is 4.91. The Morgan fingerprint density at radius 2 is 1.48 bits per heavy atom. The van der Waals surface area contributed by atoms with E-state index in [2.05, 4.69) is 43.0 Å². The second-order valence-corrected chi connectivity index (χ2v) is 7.62. The highest BCUT2D eigenvalue weighted by Gasteiger charge is 2.06.